The molecule has 0 spiro atoms. The van der Waals surface area contributed by atoms with E-state index < -0.39 is 0 Å². The van der Waals surface area contributed by atoms with Gasteiger partial charge >= 0.3 is 0 Å². The van der Waals surface area contributed by atoms with Gasteiger partial charge in [0.05, 0.1) is 26.4 Å². The first-order valence-electron chi connectivity index (χ1n) is 9.60. The Morgan fingerprint density at radius 3 is 2.32 bits per heavy atom. The highest BCUT2D eigenvalue weighted by atomic mass is 16.5. The monoisotopic (exact) mass is 383 g/mol. The van der Waals surface area contributed by atoms with Gasteiger partial charge in [0, 0.05) is 45.0 Å². The van der Waals surface area contributed by atoms with Crippen molar-refractivity contribution in [1.29, 1.82) is 0 Å². The van der Waals surface area contributed by atoms with E-state index >= 15 is 0 Å². The molecule has 3 rings (SSSR count). The smallest absolute Gasteiger partial charge is 0.251 e. The fourth-order valence-electron chi connectivity index (χ4n) is 3.38. The predicted molar refractivity (Wildman–Crippen MR) is 111 cm³/mol. The first-order chi connectivity index (χ1) is 13.6. The van der Waals surface area contributed by atoms with Crippen molar-refractivity contribution in [3.8, 4) is 5.75 Å². The lowest BCUT2D eigenvalue weighted by atomic mass is 10.0. The van der Waals surface area contributed by atoms with Crippen LogP contribution >= 0.6 is 0 Å². The van der Waals surface area contributed by atoms with Crippen molar-refractivity contribution < 1.29 is 14.3 Å². The highest BCUT2D eigenvalue weighted by Crippen LogP contribution is 2.24. The molecule has 2 aromatic rings. The summed E-state index contributed by atoms with van der Waals surface area (Å²) < 4.78 is 10.7. The topological polar surface area (TPSA) is 54.0 Å². The summed E-state index contributed by atoms with van der Waals surface area (Å²) in [5.41, 5.74) is 2.98. The molecule has 1 N–H and O–H groups in total. The fourth-order valence-corrected chi connectivity index (χ4v) is 3.38. The molecule has 0 bridgehead atoms. The van der Waals surface area contributed by atoms with E-state index in [-0.39, 0.29) is 11.9 Å². The minimum Gasteiger partial charge on any atom is -0.497 e. The van der Waals surface area contributed by atoms with Crippen molar-refractivity contribution in [3.63, 3.8) is 0 Å². The lowest BCUT2D eigenvalue weighted by molar-refractivity contribution is 0.0162. The van der Waals surface area contributed by atoms with Gasteiger partial charge in [-0.05, 0) is 42.0 Å². The molecule has 6 nitrogen and oxygen atoms in total. The lowest BCUT2D eigenvalue weighted by Crippen LogP contribution is -2.43. The average Bonchev–Trinajstić information content (AvgIpc) is 2.75. The van der Waals surface area contributed by atoms with Crippen molar-refractivity contribution >= 4 is 11.6 Å². The molecule has 0 aromatic heterocycles. The van der Waals surface area contributed by atoms with Gasteiger partial charge in [0.15, 0.2) is 0 Å². The summed E-state index contributed by atoms with van der Waals surface area (Å²) >= 11 is 0. The van der Waals surface area contributed by atoms with Gasteiger partial charge in [-0.15, -0.1) is 0 Å². The maximum atomic E-state index is 12.6. The van der Waals surface area contributed by atoms with Gasteiger partial charge in [0.2, 0.25) is 0 Å². The molecule has 0 saturated carbocycles. The summed E-state index contributed by atoms with van der Waals surface area (Å²) in [5.74, 6) is 0.662. The lowest BCUT2D eigenvalue weighted by Gasteiger charge is -2.35. The molecule has 0 unspecified atom stereocenters. The van der Waals surface area contributed by atoms with Crippen LogP contribution in [-0.4, -0.2) is 64.9 Å². The molecule has 1 aliphatic rings. The third-order valence-electron chi connectivity index (χ3n) is 5.09. The van der Waals surface area contributed by atoms with Crippen LogP contribution in [0.5, 0.6) is 5.75 Å². The number of rotatable bonds is 7. The van der Waals surface area contributed by atoms with Crippen LogP contribution in [0.2, 0.25) is 0 Å². The van der Waals surface area contributed by atoms with Crippen molar-refractivity contribution in [3.05, 3.63) is 59.7 Å². The zero-order valence-electron chi connectivity index (χ0n) is 16.9. The number of ether oxygens (including phenoxy) is 2. The molecule has 1 fully saturated rings. The summed E-state index contributed by atoms with van der Waals surface area (Å²) in [6, 6.07) is 15.8. The number of morpholine rings is 1. The van der Waals surface area contributed by atoms with Gasteiger partial charge in [0.1, 0.15) is 5.75 Å². The second kappa shape index (κ2) is 9.57. The molecule has 6 heteroatoms. The second-order valence-electron chi connectivity index (χ2n) is 7.09. The van der Waals surface area contributed by atoms with Crippen LogP contribution in [0.1, 0.15) is 22.0 Å². The number of hydrogen-bond acceptors (Lipinski definition) is 5. The molecular formula is C22H29N3O3. The number of methoxy groups -OCH3 is 1. The number of anilines is 1. The number of hydrogen-bond donors (Lipinski definition) is 1. The van der Waals surface area contributed by atoms with Crippen molar-refractivity contribution in [2.24, 2.45) is 0 Å². The molecule has 2 aromatic carbocycles. The van der Waals surface area contributed by atoms with Crippen LogP contribution < -0.4 is 15.0 Å². The van der Waals surface area contributed by atoms with Crippen LogP contribution in [0.15, 0.2) is 48.5 Å². The van der Waals surface area contributed by atoms with E-state index in [0.717, 1.165) is 37.7 Å². The van der Waals surface area contributed by atoms with Crippen molar-refractivity contribution in [1.82, 2.24) is 10.2 Å². The molecule has 1 saturated heterocycles. The molecule has 150 valence electrons. The molecule has 0 radical (unpaired) electrons. The summed E-state index contributed by atoms with van der Waals surface area (Å²) in [6.07, 6.45) is 0. The van der Waals surface area contributed by atoms with Crippen LogP contribution in [0.4, 0.5) is 5.69 Å². The number of nitrogens with zero attached hydrogens (tertiary/aromatic N) is 2. The van der Waals surface area contributed by atoms with E-state index in [9.17, 15) is 4.79 Å². The Kier molecular flexibility index (Phi) is 6.90. The Hall–Kier alpha value is -2.57. The van der Waals surface area contributed by atoms with Crippen LogP contribution in [0.25, 0.3) is 0 Å². The number of carbonyl (C=O) groups is 1. The fraction of sp³-hybridized carbons (Fsp3) is 0.409. The molecule has 1 aliphatic heterocycles. The average molecular weight is 383 g/mol. The van der Waals surface area contributed by atoms with E-state index in [1.165, 1.54) is 5.56 Å². The third-order valence-corrected chi connectivity index (χ3v) is 5.09. The highest BCUT2D eigenvalue weighted by Gasteiger charge is 2.23. The Morgan fingerprint density at radius 2 is 1.75 bits per heavy atom. The number of nitrogens with one attached hydrogen (secondary N) is 1. The van der Waals surface area contributed by atoms with Crippen LogP contribution in [-0.2, 0) is 4.74 Å². The minimum absolute atomic E-state index is 0.0779. The van der Waals surface area contributed by atoms with Gasteiger partial charge in [0.25, 0.3) is 5.91 Å². The Balaban J connectivity index is 1.72. The maximum Gasteiger partial charge on any atom is 0.251 e. The van der Waals surface area contributed by atoms with Gasteiger partial charge in [-0.25, -0.2) is 0 Å². The van der Waals surface area contributed by atoms with E-state index in [1.54, 1.807) is 31.4 Å². The predicted octanol–water partition coefficient (Wildman–Crippen LogP) is 2.56. The van der Waals surface area contributed by atoms with E-state index in [2.05, 4.69) is 39.4 Å². The summed E-state index contributed by atoms with van der Waals surface area (Å²) in [7, 11) is 5.68. The van der Waals surface area contributed by atoms with Gasteiger partial charge in [-0.1, -0.05) is 12.1 Å². The van der Waals surface area contributed by atoms with Crippen LogP contribution in [0, 0.1) is 0 Å². The number of benzene rings is 2. The quantitative estimate of drug-likeness (QED) is 0.796. The molecular weight excluding hydrogens is 354 g/mol. The maximum absolute atomic E-state index is 12.6. The molecule has 0 aliphatic carbocycles. The minimum atomic E-state index is -0.0779. The highest BCUT2D eigenvalue weighted by molar-refractivity contribution is 5.94. The third kappa shape index (κ3) is 5.03. The van der Waals surface area contributed by atoms with E-state index in [0.29, 0.717) is 12.1 Å². The number of carbonyl (C=O) groups excluding carboxylic acids is 1. The summed E-state index contributed by atoms with van der Waals surface area (Å²) in [6.45, 7) is 3.71. The Morgan fingerprint density at radius 1 is 1.11 bits per heavy atom. The van der Waals surface area contributed by atoms with Gasteiger partial charge in [-0.2, -0.15) is 0 Å². The van der Waals surface area contributed by atoms with Gasteiger partial charge < -0.3 is 19.7 Å². The summed E-state index contributed by atoms with van der Waals surface area (Å²) in [4.78, 5) is 17.1. The molecule has 1 amide bonds. The number of amides is 1. The van der Waals surface area contributed by atoms with Crippen molar-refractivity contribution in [2.45, 2.75) is 6.04 Å². The molecule has 1 heterocycles. The van der Waals surface area contributed by atoms with Crippen LogP contribution in [0.3, 0.4) is 0 Å². The summed E-state index contributed by atoms with van der Waals surface area (Å²) in [5, 5.41) is 3.10. The SMILES string of the molecule is COc1ccc(C(=O)NC[C@@H](c2ccc(N(C)C)cc2)N2CCOCC2)cc1. The zero-order valence-corrected chi connectivity index (χ0v) is 16.9. The second-order valence-corrected chi connectivity index (χ2v) is 7.09. The Labute approximate surface area is 167 Å². The molecule has 1 atom stereocenters. The van der Waals surface area contributed by atoms with Crippen molar-refractivity contribution in [2.75, 3.05) is 59.0 Å². The molecule has 28 heavy (non-hydrogen) atoms. The van der Waals surface area contributed by atoms with E-state index in [1.807, 2.05) is 14.1 Å². The van der Waals surface area contributed by atoms with E-state index in [4.69, 9.17) is 9.47 Å². The zero-order chi connectivity index (χ0) is 19.9. The standard InChI is InChI=1S/C22H29N3O3/c1-24(2)19-8-4-17(5-9-19)21(25-12-14-28-15-13-25)16-23-22(26)18-6-10-20(27-3)11-7-18/h4-11,21H,12-16H2,1-3H3,(H,23,26)/t21-/m0/s1. The first kappa shape index (κ1) is 20.2. The Bertz CT molecular complexity index is 754. The normalized spacial score (nSPS) is 15.7. The van der Waals surface area contributed by atoms with Gasteiger partial charge in [-0.3, -0.25) is 9.69 Å². The largest absolute Gasteiger partial charge is 0.497 e. The first-order valence-corrected chi connectivity index (χ1v) is 9.60.